The Balaban J connectivity index is 1.50. The fourth-order valence-corrected chi connectivity index (χ4v) is 3.55. The molecule has 1 aromatic rings. The van der Waals surface area contributed by atoms with Gasteiger partial charge in [-0.3, -0.25) is 4.90 Å². The molecule has 0 spiro atoms. The van der Waals surface area contributed by atoms with Crippen LogP contribution in [0.4, 0.5) is 5.13 Å². The van der Waals surface area contributed by atoms with Gasteiger partial charge in [-0.1, -0.05) is 0 Å². The Labute approximate surface area is 118 Å². The van der Waals surface area contributed by atoms with Crippen molar-refractivity contribution in [2.45, 2.75) is 18.4 Å². The lowest BCUT2D eigenvalue weighted by atomic mass is 9.90. The molecule has 0 bridgehead atoms. The molecule has 0 aromatic carbocycles. The predicted octanol–water partition coefficient (Wildman–Crippen LogP) is 0.773. The first-order chi connectivity index (χ1) is 9.25. The van der Waals surface area contributed by atoms with Crippen molar-refractivity contribution in [1.82, 2.24) is 9.88 Å². The molecule has 0 aliphatic carbocycles. The highest BCUT2D eigenvalue weighted by Crippen LogP contribution is 2.22. The summed E-state index contributed by atoms with van der Waals surface area (Å²) < 4.78 is 5.41. The molecule has 6 heteroatoms. The van der Waals surface area contributed by atoms with Gasteiger partial charge in [-0.25, -0.2) is 4.98 Å². The zero-order valence-electron chi connectivity index (χ0n) is 11.3. The quantitative estimate of drug-likeness (QED) is 0.887. The topological polar surface area (TPSA) is 54.6 Å². The minimum absolute atomic E-state index is 0.0401. The molecule has 2 fully saturated rings. The zero-order chi connectivity index (χ0) is 13.1. The summed E-state index contributed by atoms with van der Waals surface area (Å²) >= 11 is 1.72. The van der Waals surface area contributed by atoms with Crippen molar-refractivity contribution in [1.29, 1.82) is 0 Å². The number of hydrogen-bond acceptors (Lipinski definition) is 6. The molecule has 1 aromatic heterocycles. The Bertz CT molecular complexity index is 383. The van der Waals surface area contributed by atoms with Crippen molar-refractivity contribution in [3.63, 3.8) is 0 Å². The number of ether oxygens (including phenoxy) is 1. The van der Waals surface area contributed by atoms with Crippen LogP contribution in [0.5, 0.6) is 0 Å². The minimum atomic E-state index is -0.0401. The summed E-state index contributed by atoms with van der Waals surface area (Å²) in [5.74, 6) is 0. The SMILES string of the molecule is NC1(CN2CCN(c3nccs3)CC2)CCOCC1. The Kier molecular flexibility index (Phi) is 4.02. The predicted molar refractivity (Wildman–Crippen MR) is 77.7 cm³/mol. The Hall–Kier alpha value is -0.690. The van der Waals surface area contributed by atoms with Gasteiger partial charge in [0.25, 0.3) is 0 Å². The maximum Gasteiger partial charge on any atom is 0.185 e. The lowest BCUT2D eigenvalue weighted by molar-refractivity contribution is 0.0369. The van der Waals surface area contributed by atoms with E-state index in [0.29, 0.717) is 0 Å². The zero-order valence-corrected chi connectivity index (χ0v) is 12.1. The van der Waals surface area contributed by atoms with Gasteiger partial charge < -0.3 is 15.4 Å². The first-order valence-corrected chi connectivity index (χ1v) is 7.87. The summed E-state index contributed by atoms with van der Waals surface area (Å²) in [6.45, 7) is 6.91. The van der Waals surface area contributed by atoms with E-state index in [1.165, 1.54) is 0 Å². The van der Waals surface area contributed by atoms with Gasteiger partial charge in [-0.05, 0) is 12.8 Å². The number of aromatic nitrogens is 1. The highest BCUT2D eigenvalue weighted by Gasteiger charge is 2.31. The van der Waals surface area contributed by atoms with E-state index in [9.17, 15) is 0 Å². The van der Waals surface area contributed by atoms with Crippen LogP contribution in [0.25, 0.3) is 0 Å². The molecule has 0 amide bonds. The molecule has 2 aliphatic heterocycles. The number of anilines is 1. The van der Waals surface area contributed by atoms with Gasteiger partial charge in [0.1, 0.15) is 0 Å². The van der Waals surface area contributed by atoms with Gasteiger partial charge in [-0.2, -0.15) is 0 Å². The van der Waals surface area contributed by atoms with Crippen LogP contribution in [-0.2, 0) is 4.74 Å². The highest BCUT2D eigenvalue weighted by atomic mass is 32.1. The molecule has 0 atom stereocenters. The first-order valence-electron chi connectivity index (χ1n) is 6.99. The molecular formula is C13H22N4OS. The largest absolute Gasteiger partial charge is 0.381 e. The van der Waals surface area contributed by atoms with Crippen LogP contribution >= 0.6 is 11.3 Å². The third kappa shape index (κ3) is 3.25. The average Bonchev–Trinajstić information content (AvgIpc) is 2.94. The molecule has 2 aliphatic rings. The second-order valence-corrected chi connectivity index (χ2v) is 6.43. The number of rotatable bonds is 3. The molecule has 106 valence electrons. The smallest absolute Gasteiger partial charge is 0.185 e. The van der Waals surface area contributed by atoms with Gasteiger partial charge in [-0.15, -0.1) is 11.3 Å². The van der Waals surface area contributed by atoms with Crippen LogP contribution in [0.15, 0.2) is 11.6 Å². The maximum absolute atomic E-state index is 6.47. The Morgan fingerprint density at radius 1 is 1.26 bits per heavy atom. The van der Waals surface area contributed by atoms with E-state index in [-0.39, 0.29) is 5.54 Å². The molecule has 2 N–H and O–H groups in total. The first kappa shape index (κ1) is 13.3. The van der Waals surface area contributed by atoms with Gasteiger partial charge in [0.05, 0.1) is 0 Å². The summed E-state index contributed by atoms with van der Waals surface area (Å²) in [6, 6.07) is 0. The third-order valence-corrected chi connectivity index (χ3v) is 4.92. The van der Waals surface area contributed by atoms with Crippen molar-refractivity contribution in [3.05, 3.63) is 11.6 Å². The van der Waals surface area contributed by atoms with Crippen LogP contribution in [0.3, 0.4) is 0 Å². The number of nitrogens with zero attached hydrogens (tertiary/aromatic N) is 3. The Morgan fingerprint density at radius 3 is 2.63 bits per heavy atom. The minimum Gasteiger partial charge on any atom is -0.381 e. The van der Waals surface area contributed by atoms with Crippen molar-refractivity contribution in [3.8, 4) is 0 Å². The second kappa shape index (κ2) is 5.75. The normalized spacial score (nSPS) is 24.6. The van der Waals surface area contributed by atoms with E-state index in [2.05, 4.69) is 14.8 Å². The van der Waals surface area contributed by atoms with Gasteiger partial charge in [0, 0.05) is 63.1 Å². The van der Waals surface area contributed by atoms with Crippen LogP contribution in [0.1, 0.15) is 12.8 Å². The number of hydrogen-bond donors (Lipinski definition) is 1. The lowest BCUT2D eigenvalue weighted by Gasteiger charge is -2.41. The van der Waals surface area contributed by atoms with Gasteiger partial charge in [0.2, 0.25) is 0 Å². The van der Waals surface area contributed by atoms with Crippen molar-refractivity contribution >= 4 is 16.5 Å². The number of thiazole rings is 1. The molecule has 0 saturated carbocycles. The molecule has 19 heavy (non-hydrogen) atoms. The number of piperazine rings is 1. The van der Waals surface area contributed by atoms with E-state index in [1.807, 2.05) is 11.6 Å². The molecular weight excluding hydrogens is 260 g/mol. The molecule has 3 heterocycles. The van der Waals surface area contributed by atoms with E-state index < -0.39 is 0 Å². The highest BCUT2D eigenvalue weighted by molar-refractivity contribution is 7.13. The van der Waals surface area contributed by atoms with Crippen molar-refractivity contribution < 1.29 is 4.74 Å². The Morgan fingerprint density at radius 2 is 2.00 bits per heavy atom. The van der Waals surface area contributed by atoms with Gasteiger partial charge in [0.15, 0.2) is 5.13 Å². The van der Waals surface area contributed by atoms with E-state index in [1.54, 1.807) is 11.3 Å². The maximum atomic E-state index is 6.47. The summed E-state index contributed by atoms with van der Waals surface area (Å²) in [6.07, 6.45) is 3.85. The van der Waals surface area contributed by atoms with E-state index >= 15 is 0 Å². The molecule has 0 radical (unpaired) electrons. The molecule has 2 saturated heterocycles. The lowest BCUT2D eigenvalue weighted by Crippen LogP contribution is -2.57. The van der Waals surface area contributed by atoms with E-state index in [4.69, 9.17) is 10.5 Å². The number of nitrogens with two attached hydrogens (primary N) is 1. The van der Waals surface area contributed by atoms with Gasteiger partial charge >= 0.3 is 0 Å². The van der Waals surface area contributed by atoms with Crippen LogP contribution in [-0.4, -0.2) is 61.4 Å². The fraction of sp³-hybridized carbons (Fsp3) is 0.769. The van der Waals surface area contributed by atoms with E-state index in [0.717, 1.165) is 63.9 Å². The second-order valence-electron chi connectivity index (χ2n) is 5.55. The van der Waals surface area contributed by atoms with Crippen LogP contribution < -0.4 is 10.6 Å². The fourth-order valence-electron chi connectivity index (χ4n) is 2.85. The molecule has 5 nitrogen and oxygen atoms in total. The standard InChI is InChI=1S/C13H22N4OS/c14-13(1-8-18-9-2-13)11-16-4-6-17(7-5-16)12-15-3-10-19-12/h3,10H,1-2,4-9,11,14H2. The van der Waals surface area contributed by atoms with Crippen LogP contribution in [0.2, 0.25) is 0 Å². The summed E-state index contributed by atoms with van der Waals surface area (Å²) in [5, 5.41) is 3.19. The third-order valence-electron chi connectivity index (χ3n) is 4.09. The summed E-state index contributed by atoms with van der Waals surface area (Å²) in [4.78, 5) is 9.24. The summed E-state index contributed by atoms with van der Waals surface area (Å²) in [5.41, 5.74) is 6.43. The van der Waals surface area contributed by atoms with Crippen molar-refractivity contribution in [2.75, 3.05) is 50.8 Å². The molecule has 3 rings (SSSR count). The van der Waals surface area contributed by atoms with Crippen molar-refractivity contribution in [2.24, 2.45) is 5.73 Å². The molecule has 0 unspecified atom stereocenters. The monoisotopic (exact) mass is 282 g/mol. The average molecular weight is 282 g/mol. The summed E-state index contributed by atoms with van der Waals surface area (Å²) in [7, 11) is 0. The van der Waals surface area contributed by atoms with Crippen LogP contribution in [0, 0.1) is 0 Å².